The first-order valence-corrected chi connectivity index (χ1v) is 6.41. The molecule has 0 bridgehead atoms. The molecule has 6 heteroatoms. The van der Waals surface area contributed by atoms with E-state index in [1.54, 1.807) is 31.3 Å². The number of aromatic amines is 1. The monoisotopic (exact) mass is 283 g/mol. The molecule has 0 spiro atoms. The summed E-state index contributed by atoms with van der Waals surface area (Å²) in [6.45, 7) is 0.212. The van der Waals surface area contributed by atoms with E-state index in [9.17, 15) is 9.59 Å². The van der Waals surface area contributed by atoms with Crippen LogP contribution in [0.15, 0.2) is 52.1 Å². The zero-order valence-electron chi connectivity index (χ0n) is 11.4. The van der Waals surface area contributed by atoms with Crippen molar-refractivity contribution >= 4 is 16.8 Å². The van der Waals surface area contributed by atoms with Crippen LogP contribution in [0, 0.1) is 0 Å². The van der Waals surface area contributed by atoms with Gasteiger partial charge < -0.3 is 14.3 Å². The van der Waals surface area contributed by atoms with Gasteiger partial charge in [0.1, 0.15) is 12.1 Å². The first-order valence-electron chi connectivity index (χ1n) is 6.41. The lowest BCUT2D eigenvalue weighted by atomic mass is 10.2. The summed E-state index contributed by atoms with van der Waals surface area (Å²) in [6, 6.07) is 8.68. The van der Waals surface area contributed by atoms with Crippen LogP contribution in [0.3, 0.4) is 0 Å². The van der Waals surface area contributed by atoms with Gasteiger partial charge in [-0.3, -0.25) is 9.59 Å². The summed E-state index contributed by atoms with van der Waals surface area (Å²) in [6.07, 6.45) is 2.83. The fraction of sp³-hybridized carbons (Fsp3) is 0.133. The van der Waals surface area contributed by atoms with Gasteiger partial charge in [0, 0.05) is 7.05 Å². The van der Waals surface area contributed by atoms with Crippen molar-refractivity contribution in [2.24, 2.45) is 0 Å². The van der Waals surface area contributed by atoms with Crippen molar-refractivity contribution in [1.82, 2.24) is 14.9 Å². The highest BCUT2D eigenvalue weighted by Gasteiger charge is 2.14. The number of aromatic nitrogens is 2. The van der Waals surface area contributed by atoms with E-state index < -0.39 is 0 Å². The number of benzene rings is 1. The van der Waals surface area contributed by atoms with Gasteiger partial charge in [-0.2, -0.15) is 0 Å². The maximum absolute atomic E-state index is 12.1. The highest BCUT2D eigenvalue weighted by Crippen LogP contribution is 2.09. The Morgan fingerprint density at radius 1 is 1.33 bits per heavy atom. The largest absolute Gasteiger partial charge is 0.472 e. The summed E-state index contributed by atoms with van der Waals surface area (Å²) in [5.74, 6) is 0.248. The lowest BCUT2D eigenvalue weighted by Gasteiger charge is -2.15. The molecule has 0 fully saturated rings. The zero-order valence-corrected chi connectivity index (χ0v) is 11.4. The Labute approximate surface area is 120 Å². The van der Waals surface area contributed by atoms with Crippen molar-refractivity contribution in [3.05, 3.63) is 64.6 Å². The van der Waals surface area contributed by atoms with Gasteiger partial charge in [-0.05, 0) is 18.2 Å². The highest BCUT2D eigenvalue weighted by molar-refractivity contribution is 5.93. The number of amides is 1. The molecule has 1 amide bonds. The number of para-hydroxylation sites is 1. The van der Waals surface area contributed by atoms with Gasteiger partial charge in [0.25, 0.3) is 11.5 Å². The van der Waals surface area contributed by atoms with E-state index in [2.05, 4.69) is 9.97 Å². The molecule has 2 heterocycles. The zero-order chi connectivity index (χ0) is 14.8. The van der Waals surface area contributed by atoms with E-state index in [1.165, 1.54) is 17.4 Å². The first kappa shape index (κ1) is 13.1. The number of carbonyl (C=O) groups excluding carboxylic acids is 1. The molecule has 0 saturated heterocycles. The number of hydrogen-bond donors (Lipinski definition) is 1. The van der Waals surface area contributed by atoms with Gasteiger partial charge >= 0.3 is 0 Å². The third kappa shape index (κ3) is 2.55. The number of hydrogen-bond acceptors (Lipinski definition) is 4. The van der Waals surface area contributed by atoms with Crippen molar-refractivity contribution in [2.45, 2.75) is 6.54 Å². The predicted octanol–water partition coefficient (Wildman–Crippen LogP) is 1.79. The molecule has 0 unspecified atom stereocenters. The molecule has 0 aliphatic carbocycles. The van der Waals surface area contributed by atoms with E-state index in [4.69, 9.17) is 4.42 Å². The smallest absolute Gasteiger partial charge is 0.258 e. The Morgan fingerprint density at radius 2 is 2.14 bits per heavy atom. The minimum absolute atomic E-state index is 0.195. The number of nitrogens with one attached hydrogen (secondary N) is 1. The fourth-order valence-corrected chi connectivity index (χ4v) is 2.11. The molecule has 6 nitrogen and oxygen atoms in total. The minimum atomic E-state index is -0.209. The van der Waals surface area contributed by atoms with Crippen molar-refractivity contribution < 1.29 is 9.21 Å². The molecule has 1 N–H and O–H groups in total. The second-order valence-electron chi connectivity index (χ2n) is 4.70. The van der Waals surface area contributed by atoms with Crippen LogP contribution in [0.1, 0.15) is 16.2 Å². The van der Waals surface area contributed by atoms with E-state index >= 15 is 0 Å². The molecule has 0 atom stereocenters. The quantitative estimate of drug-likeness (QED) is 0.794. The molecular formula is C15H13N3O3. The fourth-order valence-electron chi connectivity index (χ4n) is 2.11. The van der Waals surface area contributed by atoms with Crippen LogP contribution in [0.5, 0.6) is 0 Å². The van der Waals surface area contributed by atoms with E-state index in [0.717, 1.165) is 0 Å². The Bertz CT molecular complexity index is 837. The van der Waals surface area contributed by atoms with Crippen LogP contribution in [-0.2, 0) is 6.54 Å². The average molecular weight is 283 g/mol. The molecule has 2 aromatic heterocycles. The SMILES string of the molecule is CN(Cc1nc2ccccc2c(=O)[nH]1)C(=O)c1ccoc1. The van der Waals surface area contributed by atoms with Crippen LogP contribution >= 0.6 is 0 Å². The summed E-state index contributed by atoms with van der Waals surface area (Å²) in [5, 5.41) is 0.532. The van der Waals surface area contributed by atoms with E-state index in [0.29, 0.717) is 22.3 Å². The number of rotatable bonds is 3. The summed E-state index contributed by atoms with van der Waals surface area (Å²) in [7, 11) is 1.64. The van der Waals surface area contributed by atoms with E-state index in [1.807, 2.05) is 6.07 Å². The molecule has 106 valence electrons. The van der Waals surface area contributed by atoms with Crippen LogP contribution in [0.25, 0.3) is 10.9 Å². The molecule has 3 rings (SSSR count). The molecule has 3 aromatic rings. The van der Waals surface area contributed by atoms with Crippen molar-refractivity contribution in [1.29, 1.82) is 0 Å². The maximum Gasteiger partial charge on any atom is 0.258 e. The summed E-state index contributed by atoms with van der Waals surface area (Å²) in [4.78, 5) is 32.6. The third-order valence-corrected chi connectivity index (χ3v) is 3.16. The van der Waals surface area contributed by atoms with Crippen LogP contribution in [0.2, 0.25) is 0 Å². The van der Waals surface area contributed by atoms with Gasteiger partial charge in [-0.25, -0.2) is 4.98 Å². The van der Waals surface area contributed by atoms with Crippen molar-refractivity contribution in [3.8, 4) is 0 Å². The van der Waals surface area contributed by atoms with Crippen LogP contribution < -0.4 is 5.56 Å². The van der Waals surface area contributed by atoms with Crippen molar-refractivity contribution in [2.75, 3.05) is 7.05 Å². The Hall–Kier alpha value is -2.89. The Kier molecular flexibility index (Phi) is 3.27. The molecule has 0 radical (unpaired) electrons. The molecule has 21 heavy (non-hydrogen) atoms. The topological polar surface area (TPSA) is 79.2 Å². The van der Waals surface area contributed by atoms with Gasteiger partial charge in [0.15, 0.2) is 0 Å². The number of furan rings is 1. The summed E-state index contributed by atoms with van der Waals surface area (Å²) < 4.78 is 4.89. The lowest BCUT2D eigenvalue weighted by Crippen LogP contribution is -2.28. The van der Waals surface area contributed by atoms with Crippen molar-refractivity contribution in [3.63, 3.8) is 0 Å². The van der Waals surface area contributed by atoms with E-state index in [-0.39, 0.29) is 18.0 Å². The second kappa shape index (κ2) is 5.24. The first-order chi connectivity index (χ1) is 10.1. The number of H-pyrrole nitrogens is 1. The van der Waals surface area contributed by atoms with Crippen LogP contribution in [0.4, 0.5) is 0 Å². The van der Waals surface area contributed by atoms with Gasteiger partial charge in [-0.15, -0.1) is 0 Å². The average Bonchev–Trinajstić information content (AvgIpc) is 3.00. The van der Waals surface area contributed by atoms with Gasteiger partial charge in [-0.1, -0.05) is 12.1 Å². The standard InChI is InChI=1S/C15H13N3O3/c1-18(15(20)10-6-7-21-9-10)8-13-16-12-5-3-2-4-11(12)14(19)17-13/h2-7,9H,8H2,1H3,(H,16,17,19). The Morgan fingerprint density at radius 3 is 2.90 bits per heavy atom. The molecule has 1 aromatic carbocycles. The molecule has 0 saturated carbocycles. The highest BCUT2D eigenvalue weighted by atomic mass is 16.3. The maximum atomic E-state index is 12.1. The molecule has 0 aliphatic rings. The second-order valence-corrected chi connectivity index (χ2v) is 4.70. The predicted molar refractivity (Wildman–Crippen MR) is 76.9 cm³/mol. The normalized spacial score (nSPS) is 10.7. The Balaban J connectivity index is 1.88. The third-order valence-electron chi connectivity index (χ3n) is 3.16. The minimum Gasteiger partial charge on any atom is -0.472 e. The number of fused-ring (bicyclic) bond motifs is 1. The van der Waals surface area contributed by atoms with Crippen LogP contribution in [-0.4, -0.2) is 27.8 Å². The summed E-state index contributed by atoms with van der Waals surface area (Å²) >= 11 is 0. The number of nitrogens with zero attached hydrogens (tertiary/aromatic N) is 2. The number of carbonyl (C=O) groups is 1. The molecular weight excluding hydrogens is 270 g/mol. The lowest BCUT2D eigenvalue weighted by molar-refractivity contribution is 0.0781. The summed E-state index contributed by atoms with van der Waals surface area (Å²) in [5.41, 5.74) is 0.862. The van der Waals surface area contributed by atoms with Gasteiger partial charge in [0.2, 0.25) is 0 Å². The molecule has 0 aliphatic heterocycles. The van der Waals surface area contributed by atoms with Gasteiger partial charge in [0.05, 0.1) is 29.3 Å².